The second-order valence-corrected chi connectivity index (χ2v) is 10.2. The second-order valence-electron chi connectivity index (χ2n) is 8.00. The molecule has 2 aliphatic heterocycles. The zero-order chi connectivity index (χ0) is 25.9. The molecule has 3 amide bonds. The molecule has 0 bridgehead atoms. The van der Waals surface area contributed by atoms with Gasteiger partial charge in [0.1, 0.15) is 17.7 Å². The van der Waals surface area contributed by atoms with Crippen LogP contribution in [0.3, 0.4) is 0 Å². The van der Waals surface area contributed by atoms with Gasteiger partial charge < -0.3 is 14.4 Å². The number of ether oxygens (including phenoxy) is 1. The molecule has 14 heteroatoms. The molecule has 2 heterocycles. The molecule has 35 heavy (non-hydrogen) atoms. The van der Waals surface area contributed by atoms with Crippen LogP contribution in [0.15, 0.2) is 18.2 Å². The number of nitrogens with zero attached hydrogens (tertiary/aromatic N) is 4. The standard InChI is InChI=1S/C21H23Cl4FN4O5/c1-12(31)2-4-14-11-28(21(34)35-14)13-3-5-16(15(26)10-13)27-6-8-29(19(32)17(22)23)30(9-7-27)20(33)18(24)25/h3,5,10,14,17-18H,2,4,6-9,11H2,1H3/t14-/m0/s1. The van der Waals surface area contributed by atoms with Crippen LogP contribution in [0, 0.1) is 5.82 Å². The van der Waals surface area contributed by atoms with Gasteiger partial charge in [-0.15, -0.1) is 0 Å². The second kappa shape index (κ2) is 11.8. The maximum absolute atomic E-state index is 15.2. The van der Waals surface area contributed by atoms with E-state index in [9.17, 15) is 19.2 Å². The van der Waals surface area contributed by atoms with Crippen LogP contribution in [-0.4, -0.2) is 82.2 Å². The average Bonchev–Trinajstić information content (AvgIpc) is 3.03. The summed E-state index contributed by atoms with van der Waals surface area (Å²) in [6.07, 6.45) is -0.382. The molecule has 2 fully saturated rings. The summed E-state index contributed by atoms with van der Waals surface area (Å²) in [4.78, 5) is 48.5. The highest BCUT2D eigenvalue weighted by Gasteiger charge is 2.36. The maximum Gasteiger partial charge on any atom is 0.414 e. The van der Waals surface area contributed by atoms with Crippen LogP contribution >= 0.6 is 46.4 Å². The third-order valence-electron chi connectivity index (χ3n) is 5.61. The zero-order valence-electron chi connectivity index (χ0n) is 18.6. The number of amides is 3. The zero-order valence-corrected chi connectivity index (χ0v) is 21.7. The van der Waals surface area contributed by atoms with Crippen LogP contribution in [0.1, 0.15) is 19.8 Å². The summed E-state index contributed by atoms with van der Waals surface area (Å²) in [5.74, 6) is -2.09. The van der Waals surface area contributed by atoms with Crippen LogP contribution in [0.2, 0.25) is 0 Å². The van der Waals surface area contributed by atoms with Gasteiger partial charge in [0.25, 0.3) is 11.8 Å². The van der Waals surface area contributed by atoms with E-state index >= 15 is 4.39 Å². The number of carbonyl (C=O) groups excluding carboxylic acids is 4. The van der Waals surface area contributed by atoms with Gasteiger partial charge in [-0.1, -0.05) is 46.4 Å². The minimum Gasteiger partial charge on any atom is -0.444 e. The highest BCUT2D eigenvalue weighted by Crippen LogP contribution is 2.29. The van der Waals surface area contributed by atoms with Crippen LogP contribution < -0.4 is 9.80 Å². The maximum atomic E-state index is 15.2. The molecular weight excluding hydrogens is 549 g/mol. The molecule has 3 rings (SSSR count). The van der Waals surface area contributed by atoms with Gasteiger partial charge in [0.15, 0.2) is 9.67 Å². The number of halogens is 5. The number of carbonyl (C=O) groups is 4. The topological polar surface area (TPSA) is 90.5 Å². The summed E-state index contributed by atoms with van der Waals surface area (Å²) in [5, 5.41) is 2.11. The smallest absolute Gasteiger partial charge is 0.414 e. The quantitative estimate of drug-likeness (QED) is 0.465. The molecule has 1 aromatic carbocycles. The summed E-state index contributed by atoms with van der Waals surface area (Å²) >= 11 is 22.9. The van der Waals surface area contributed by atoms with Crippen molar-refractivity contribution in [2.75, 3.05) is 42.5 Å². The highest BCUT2D eigenvalue weighted by molar-refractivity contribution is 6.54. The van der Waals surface area contributed by atoms with Crippen LogP contribution in [0.5, 0.6) is 0 Å². The Morgan fingerprint density at radius 2 is 1.60 bits per heavy atom. The number of rotatable bonds is 7. The van der Waals surface area contributed by atoms with Gasteiger partial charge in [-0.2, -0.15) is 0 Å². The van der Waals surface area contributed by atoms with Crippen molar-refractivity contribution in [3.05, 3.63) is 24.0 Å². The lowest BCUT2D eigenvalue weighted by Crippen LogP contribution is -2.53. The number of hydrogen-bond donors (Lipinski definition) is 0. The summed E-state index contributed by atoms with van der Waals surface area (Å²) in [7, 11) is 0. The molecule has 2 aliphatic rings. The summed E-state index contributed by atoms with van der Waals surface area (Å²) in [6, 6.07) is 4.29. The summed E-state index contributed by atoms with van der Waals surface area (Å²) < 4.78 is 20.4. The first-order valence-electron chi connectivity index (χ1n) is 10.7. The van der Waals surface area contributed by atoms with Crippen molar-refractivity contribution in [2.45, 2.75) is 35.5 Å². The Balaban J connectivity index is 1.76. The lowest BCUT2D eigenvalue weighted by atomic mass is 10.1. The molecule has 1 atom stereocenters. The minimum absolute atomic E-state index is 0.00638. The number of anilines is 2. The summed E-state index contributed by atoms with van der Waals surface area (Å²) in [5.41, 5.74) is 0.516. The molecule has 0 N–H and O–H groups in total. The van der Waals surface area contributed by atoms with Gasteiger partial charge in [0.2, 0.25) is 0 Å². The normalized spacial score (nSPS) is 18.9. The monoisotopic (exact) mass is 570 g/mol. The van der Waals surface area contributed by atoms with E-state index in [0.29, 0.717) is 12.1 Å². The fourth-order valence-electron chi connectivity index (χ4n) is 3.88. The van der Waals surface area contributed by atoms with E-state index in [1.54, 1.807) is 11.0 Å². The highest BCUT2D eigenvalue weighted by atomic mass is 35.5. The molecule has 0 spiro atoms. The SMILES string of the molecule is CC(=O)CC[C@H]1CN(c2ccc(N3CCN(C(=O)C(Cl)Cl)N(C(=O)C(Cl)Cl)CC3)c(F)c2)C(=O)O1. The summed E-state index contributed by atoms with van der Waals surface area (Å²) in [6.45, 7) is 1.92. The van der Waals surface area contributed by atoms with Crippen LogP contribution in [-0.2, 0) is 19.1 Å². The molecule has 192 valence electrons. The average molecular weight is 572 g/mol. The fraction of sp³-hybridized carbons (Fsp3) is 0.524. The van der Waals surface area contributed by atoms with E-state index < -0.39 is 39.5 Å². The predicted octanol–water partition coefficient (Wildman–Crippen LogP) is 3.52. The number of benzene rings is 1. The lowest BCUT2D eigenvalue weighted by Gasteiger charge is -2.33. The molecule has 0 aromatic heterocycles. The molecular formula is C21H23Cl4FN4O5. The van der Waals surface area contributed by atoms with Crippen molar-refractivity contribution < 1.29 is 28.3 Å². The third-order valence-corrected chi connectivity index (χ3v) is 6.36. The van der Waals surface area contributed by atoms with Crippen molar-refractivity contribution in [3.8, 4) is 0 Å². The van der Waals surface area contributed by atoms with E-state index in [-0.39, 0.29) is 50.6 Å². The Morgan fingerprint density at radius 3 is 2.09 bits per heavy atom. The van der Waals surface area contributed by atoms with Crippen LogP contribution in [0.4, 0.5) is 20.6 Å². The van der Waals surface area contributed by atoms with E-state index in [1.807, 2.05) is 0 Å². The van der Waals surface area contributed by atoms with Gasteiger partial charge >= 0.3 is 6.09 Å². The Bertz CT molecular complexity index is 968. The first-order chi connectivity index (χ1) is 16.5. The minimum atomic E-state index is -1.42. The first kappa shape index (κ1) is 27.6. The predicted molar refractivity (Wildman–Crippen MR) is 131 cm³/mol. The lowest BCUT2D eigenvalue weighted by molar-refractivity contribution is -0.160. The van der Waals surface area contributed by atoms with Gasteiger partial charge in [-0.05, 0) is 31.5 Å². The Hall–Kier alpha value is -2.01. The van der Waals surface area contributed by atoms with Gasteiger partial charge in [-0.3, -0.25) is 14.5 Å². The van der Waals surface area contributed by atoms with Crippen molar-refractivity contribution in [3.63, 3.8) is 0 Å². The number of hydrazine groups is 1. The molecule has 0 aliphatic carbocycles. The van der Waals surface area contributed by atoms with E-state index in [0.717, 1.165) is 10.0 Å². The number of alkyl halides is 4. The number of cyclic esters (lactones) is 1. The van der Waals surface area contributed by atoms with Crippen molar-refractivity contribution >= 4 is 81.5 Å². The molecule has 2 saturated heterocycles. The number of ketones is 1. The Kier molecular flexibility index (Phi) is 9.31. The molecule has 0 radical (unpaired) electrons. The van der Waals surface area contributed by atoms with Crippen molar-refractivity contribution in [1.29, 1.82) is 0 Å². The number of hydrogen-bond acceptors (Lipinski definition) is 6. The van der Waals surface area contributed by atoms with E-state index in [4.69, 9.17) is 51.1 Å². The van der Waals surface area contributed by atoms with Crippen LogP contribution in [0.25, 0.3) is 0 Å². The van der Waals surface area contributed by atoms with Gasteiger partial charge in [0.05, 0.1) is 31.0 Å². The van der Waals surface area contributed by atoms with E-state index in [2.05, 4.69) is 0 Å². The first-order valence-corrected chi connectivity index (χ1v) is 12.4. The van der Waals surface area contributed by atoms with E-state index in [1.165, 1.54) is 24.0 Å². The van der Waals surface area contributed by atoms with Crippen molar-refractivity contribution in [2.24, 2.45) is 0 Å². The van der Waals surface area contributed by atoms with Gasteiger partial charge in [-0.25, -0.2) is 19.2 Å². The Morgan fingerprint density at radius 1 is 1.03 bits per heavy atom. The molecule has 1 aromatic rings. The Labute approximate surface area is 221 Å². The third kappa shape index (κ3) is 6.61. The van der Waals surface area contributed by atoms with Crippen molar-refractivity contribution in [1.82, 2.24) is 10.0 Å². The molecule has 0 unspecified atom stereocenters. The largest absolute Gasteiger partial charge is 0.444 e. The van der Waals surface area contributed by atoms with Gasteiger partial charge in [0, 0.05) is 19.5 Å². The molecule has 9 nitrogen and oxygen atoms in total. The fourth-order valence-corrected chi connectivity index (χ4v) is 4.33. The molecule has 0 saturated carbocycles. The number of Topliss-reactive ketones (excluding diaryl/α,β-unsaturated/α-hetero) is 1.